The Labute approximate surface area is 214 Å². The van der Waals surface area contributed by atoms with Crippen LogP contribution in [0.2, 0.25) is 0 Å². The summed E-state index contributed by atoms with van der Waals surface area (Å²) in [5, 5.41) is 16.3. The maximum absolute atomic E-state index is 12.9. The molecular weight excluding hydrogens is 478 g/mol. The van der Waals surface area contributed by atoms with E-state index in [2.05, 4.69) is 16.5 Å². The summed E-state index contributed by atoms with van der Waals surface area (Å²) in [5.41, 5.74) is 3.28. The van der Waals surface area contributed by atoms with Crippen LogP contribution in [-0.4, -0.2) is 30.2 Å². The van der Waals surface area contributed by atoms with Gasteiger partial charge in [-0.1, -0.05) is 24.2 Å². The van der Waals surface area contributed by atoms with Gasteiger partial charge in [-0.3, -0.25) is 4.79 Å². The van der Waals surface area contributed by atoms with Crippen LogP contribution in [0.5, 0.6) is 5.75 Å². The SMILES string of the molecule is COc1cccc(C(C)CC(=O)Cc2sc3c(c2C#N)CCC(OC(=O)NCc2cc(C)on2)C3)c1. The minimum atomic E-state index is -0.511. The number of aromatic nitrogens is 1. The molecule has 0 fully saturated rings. The third-order valence-electron chi connectivity index (χ3n) is 6.32. The molecule has 1 aliphatic carbocycles. The number of nitrogens with one attached hydrogen (secondary N) is 1. The summed E-state index contributed by atoms with van der Waals surface area (Å²) in [4.78, 5) is 27.0. The molecule has 0 bridgehead atoms. The number of Topliss-reactive ketones (excluding diaryl/α,β-unsaturated/α-hetero) is 1. The number of nitriles is 1. The molecule has 1 aromatic carbocycles. The predicted octanol–water partition coefficient (Wildman–Crippen LogP) is 5.01. The van der Waals surface area contributed by atoms with Crippen molar-refractivity contribution in [2.24, 2.45) is 0 Å². The van der Waals surface area contributed by atoms with Crippen LogP contribution in [0.3, 0.4) is 0 Å². The zero-order valence-electron chi connectivity index (χ0n) is 20.6. The molecule has 1 N–H and O–H groups in total. The number of ketones is 1. The average Bonchev–Trinajstić information content (AvgIpc) is 3.44. The van der Waals surface area contributed by atoms with Crippen LogP contribution in [0, 0.1) is 18.3 Å². The number of methoxy groups -OCH3 is 1. The van der Waals surface area contributed by atoms with Gasteiger partial charge in [-0.2, -0.15) is 5.26 Å². The van der Waals surface area contributed by atoms with E-state index >= 15 is 0 Å². The van der Waals surface area contributed by atoms with Crippen LogP contribution in [0.4, 0.5) is 4.79 Å². The summed E-state index contributed by atoms with van der Waals surface area (Å²) in [6, 6.07) is 11.8. The molecule has 3 aromatic rings. The van der Waals surface area contributed by atoms with Gasteiger partial charge in [-0.25, -0.2) is 4.79 Å². The number of benzene rings is 1. The van der Waals surface area contributed by atoms with Gasteiger partial charge in [-0.15, -0.1) is 11.3 Å². The molecule has 2 atom stereocenters. The number of rotatable bonds is 9. The zero-order valence-corrected chi connectivity index (χ0v) is 21.4. The number of hydrogen-bond donors (Lipinski definition) is 1. The molecule has 36 heavy (non-hydrogen) atoms. The van der Waals surface area contributed by atoms with E-state index in [-0.39, 0.29) is 30.8 Å². The van der Waals surface area contributed by atoms with Crippen molar-refractivity contribution in [2.45, 2.75) is 64.5 Å². The van der Waals surface area contributed by atoms with Crippen molar-refractivity contribution in [1.29, 1.82) is 5.26 Å². The lowest BCUT2D eigenvalue weighted by Gasteiger charge is -2.22. The van der Waals surface area contributed by atoms with Gasteiger partial charge < -0.3 is 19.3 Å². The van der Waals surface area contributed by atoms with E-state index in [4.69, 9.17) is 14.0 Å². The molecule has 1 aliphatic rings. The van der Waals surface area contributed by atoms with Crippen molar-refractivity contribution >= 4 is 23.2 Å². The first kappa shape index (κ1) is 25.5. The van der Waals surface area contributed by atoms with Crippen molar-refractivity contribution in [1.82, 2.24) is 10.5 Å². The number of aryl methyl sites for hydroxylation is 1. The van der Waals surface area contributed by atoms with Crippen LogP contribution in [0.15, 0.2) is 34.9 Å². The van der Waals surface area contributed by atoms with Gasteiger partial charge >= 0.3 is 6.09 Å². The largest absolute Gasteiger partial charge is 0.497 e. The fraction of sp³-hybridized carbons (Fsp3) is 0.407. The fourth-order valence-electron chi connectivity index (χ4n) is 4.48. The van der Waals surface area contributed by atoms with Gasteiger partial charge in [0.1, 0.15) is 35.2 Å². The first-order valence-corrected chi connectivity index (χ1v) is 12.7. The third-order valence-corrected chi connectivity index (χ3v) is 7.58. The summed E-state index contributed by atoms with van der Waals surface area (Å²) in [5.74, 6) is 1.58. The Morgan fingerprint density at radius 2 is 2.19 bits per heavy atom. The van der Waals surface area contributed by atoms with E-state index in [1.165, 1.54) is 11.3 Å². The summed E-state index contributed by atoms with van der Waals surface area (Å²) in [7, 11) is 1.62. The number of thiophene rings is 1. The van der Waals surface area contributed by atoms with E-state index in [0.29, 0.717) is 42.7 Å². The lowest BCUT2D eigenvalue weighted by molar-refractivity contribution is -0.118. The van der Waals surface area contributed by atoms with E-state index in [0.717, 1.165) is 26.6 Å². The smallest absolute Gasteiger partial charge is 0.407 e. The quantitative estimate of drug-likeness (QED) is 0.433. The molecule has 0 saturated carbocycles. The van der Waals surface area contributed by atoms with E-state index in [9.17, 15) is 14.9 Å². The molecule has 2 unspecified atom stereocenters. The highest BCUT2D eigenvalue weighted by atomic mass is 32.1. The topological polar surface area (TPSA) is 114 Å². The second-order valence-electron chi connectivity index (χ2n) is 9.06. The summed E-state index contributed by atoms with van der Waals surface area (Å²) < 4.78 is 15.9. The van der Waals surface area contributed by atoms with Crippen molar-refractivity contribution in [3.63, 3.8) is 0 Å². The van der Waals surface area contributed by atoms with Gasteiger partial charge in [0.2, 0.25) is 0 Å². The number of carbonyl (C=O) groups excluding carboxylic acids is 2. The van der Waals surface area contributed by atoms with Crippen molar-refractivity contribution < 1.29 is 23.6 Å². The molecule has 2 heterocycles. The summed E-state index contributed by atoms with van der Waals surface area (Å²) >= 11 is 1.49. The Balaban J connectivity index is 1.35. The molecule has 2 aromatic heterocycles. The zero-order chi connectivity index (χ0) is 25.7. The minimum Gasteiger partial charge on any atom is -0.497 e. The van der Waals surface area contributed by atoms with Crippen molar-refractivity contribution in [3.8, 4) is 11.8 Å². The molecule has 0 aliphatic heterocycles. The van der Waals surface area contributed by atoms with Gasteiger partial charge in [0.05, 0.1) is 19.2 Å². The number of alkyl carbamates (subject to hydrolysis) is 1. The first-order chi connectivity index (χ1) is 17.4. The van der Waals surface area contributed by atoms with Gasteiger partial charge in [0, 0.05) is 35.1 Å². The number of carbonyl (C=O) groups is 2. The average molecular weight is 508 g/mol. The first-order valence-electron chi connectivity index (χ1n) is 11.9. The maximum Gasteiger partial charge on any atom is 0.407 e. The highest BCUT2D eigenvalue weighted by Gasteiger charge is 2.28. The number of ether oxygens (including phenoxy) is 2. The number of nitrogens with zero attached hydrogens (tertiary/aromatic N) is 2. The molecule has 9 heteroatoms. The number of amides is 1. The summed E-state index contributed by atoms with van der Waals surface area (Å²) in [6.07, 6.45) is 1.65. The van der Waals surface area contributed by atoms with Crippen LogP contribution < -0.4 is 10.1 Å². The molecule has 0 saturated heterocycles. The molecule has 0 radical (unpaired) electrons. The van der Waals surface area contributed by atoms with Gasteiger partial charge in [-0.05, 0) is 48.9 Å². The van der Waals surface area contributed by atoms with E-state index in [1.54, 1.807) is 20.1 Å². The maximum atomic E-state index is 12.9. The lowest BCUT2D eigenvalue weighted by atomic mass is 9.91. The molecule has 1 amide bonds. The third kappa shape index (κ3) is 6.13. The van der Waals surface area contributed by atoms with Crippen LogP contribution in [0.1, 0.15) is 63.6 Å². The number of fused-ring (bicyclic) bond motifs is 1. The Morgan fingerprint density at radius 1 is 1.36 bits per heavy atom. The normalized spacial score (nSPS) is 15.4. The molecule has 0 spiro atoms. The number of hydrogen-bond acceptors (Lipinski definition) is 8. The highest BCUT2D eigenvalue weighted by molar-refractivity contribution is 7.12. The van der Waals surface area contributed by atoms with E-state index in [1.807, 2.05) is 31.2 Å². The molecular formula is C27H29N3O5S. The predicted molar refractivity (Wildman–Crippen MR) is 134 cm³/mol. The lowest BCUT2D eigenvalue weighted by Crippen LogP contribution is -2.31. The van der Waals surface area contributed by atoms with Gasteiger partial charge in [0.25, 0.3) is 0 Å². The van der Waals surface area contributed by atoms with E-state index < -0.39 is 6.09 Å². The Bertz CT molecular complexity index is 1290. The summed E-state index contributed by atoms with van der Waals surface area (Å²) in [6.45, 7) is 4.04. The Kier molecular flexibility index (Phi) is 8.06. The van der Waals surface area contributed by atoms with Crippen LogP contribution in [0.25, 0.3) is 0 Å². The van der Waals surface area contributed by atoms with Crippen molar-refractivity contribution in [2.75, 3.05) is 7.11 Å². The van der Waals surface area contributed by atoms with Crippen LogP contribution in [-0.2, 0) is 35.3 Å². The van der Waals surface area contributed by atoms with Gasteiger partial charge in [0.15, 0.2) is 0 Å². The Hall–Kier alpha value is -3.64. The Morgan fingerprint density at radius 3 is 2.92 bits per heavy atom. The molecule has 4 rings (SSSR count). The minimum absolute atomic E-state index is 0.0465. The van der Waals surface area contributed by atoms with Crippen LogP contribution >= 0.6 is 11.3 Å². The second kappa shape index (κ2) is 11.4. The monoisotopic (exact) mass is 507 g/mol. The highest BCUT2D eigenvalue weighted by Crippen LogP contribution is 2.36. The second-order valence-corrected chi connectivity index (χ2v) is 10.3. The molecule has 188 valence electrons. The standard InChI is InChI=1S/C27H29N3O5S/c1-16(18-5-4-6-21(11-18)33-3)9-20(31)12-25-24(14-28)23-8-7-22(13-26(23)36-25)34-27(32)29-15-19-10-17(2)35-30-19/h4-6,10-11,16,22H,7-9,12-13,15H2,1-3H3,(H,29,32). The molecule has 8 nitrogen and oxygen atoms in total. The fourth-order valence-corrected chi connectivity index (χ4v) is 5.88. The van der Waals surface area contributed by atoms with Crippen molar-refractivity contribution in [3.05, 3.63) is 68.2 Å².